The minimum Gasteiger partial charge on any atom is -0.339 e. The van der Waals surface area contributed by atoms with Crippen LogP contribution < -0.4 is 10.6 Å². The third-order valence-corrected chi connectivity index (χ3v) is 5.74. The second kappa shape index (κ2) is 8.36. The van der Waals surface area contributed by atoms with Crippen molar-refractivity contribution in [1.29, 1.82) is 0 Å². The second-order valence-corrected chi connectivity index (χ2v) is 8.18. The molecule has 3 aromatic carbocycles. The largest absolute Gasteiger partial charge is 0.339 e. The Morgan fingerprint density at radius 2 is 1.72 bits per heavy atom. The van der Waals surface area contributed by atoms with Gasteiger partial charge < -0.3 is 10.6 Å². The van der Waals surface area contributed by atoms with Gasteiger partial charge in [0.2, 0.25) is 0 Å². The summed E-state index contributed by atoms with van der Waals surface area (Å²) in [5, 5.41) is 11.6. The number of allylic oxidation sites excluding steroid dienone is 1. The Kier molecular flexibility index (Phi) is 5.25. The van der Waals surface area contributed by atoms with Crippen molar-refractivity contribution >= 4 is 34.7 Å². The maximum absolute atomic E-state index is 13.1. The molecule has 0 saturated carbocycles. The van der Waals surface area contributed by atoms with Crippen LogP contribution in [-0.2, 0) is 0 Å². The van der Waals surface area contributed by atoms with Gasteiger partial charge in [-0.3, -0.25) is 4.79 Å². The molecule has 0 spiro atoms. The van der Waals surface area contributed by atoms with E-state index in [0.29, 0.717) is 16.4 Å². The topological polar surface area (TPSA) is 59.0 Å². The molecular weight excluding hydrogens is 420 g/mol. The summed E-state index contributed by atoms with van der Waals surface area (Å²) in [6.07, 6.45) is 3.72. The molecule has 2 N–H and O–H groups in total. The molecule has 1 atom stereocenters. The normalized spacial score (nSPS) is 14.8. The van der Waals surface area contributed by atoms with Crippen LogP contribution in [0.15, 0.2) is 91.1 Å². The number of halogens is 1. The first-order valence-electron chi connectivity index (χ1n) is 10.3. The lowest BCUT2D eigenvalue weighted by molar-refractivity contribution is 0.102. The summed E-state index contributed by atoms with van der Waals surface area (Å²) in [6.45, 7) is 2.06. The van der Waals surface area contributed by atoms with Crippen LogP contribution in [0, 0.1) is 6.92 Å². The van der Waals surface area contributed by atoms with Crippen LogP contribution in [-0.4, -0.2) is 15.7 Å². The number of hydrogen-bond acceptors (Lipinski definition) is 3. The number of para-hydroxylation sites is 1. The molecule has 0 saturated heterocycles. The highest BCUT2D eigenvalue weighted by Crippen LogP contribution is 2.35. The molecule has 32 heavy (non-hydrogen) atoms. The fourth-order valence-electron chi connectivity index (χ4n) is 3.78. The lowest BCUT2D eigenvalue weighted by atomic mass is 10.0. The molecule has 1 aliphatic rings. The van der Waals surface area contributed by atoms with Crippen molar-refractivity contribution in [2.24, 2.45) is 0 Å². The fourth-order valence-corrected chi connectivity index (χ4v) is 3.91. The third-order valence-electron chi connectivity index (χ3n) is 5.49. The number of aryl methyl sites for hydroxylation is 1. The van der Waals surface area contributed by atoms with Crippen LogP contribution in [0.4, 0.5) is 11.5 Å². The van der Waals surface area contributed by atoms with Crippen LogP contribution in [0.25, 0.3) is 5.70 Å². The fraction of sp³-hybridized carbons (Fsp3) is 0.0769. The van der Waals surface area contributed by atoms with E-state index >= 15 is 0 Å². The van der Waals surface area contributed by atoms with Crippen molar-refractivity contribution in [3.8, 4) is 0 Å². The summed E-state index contributed by atoms with van der Waals surface area (Å²) >= 11 is 6.11. The Bertz CT molecular complexity index is 1290. The van der Waals surface area contributed by atoms with Crippen LogP contribution >= 0.6 is 11.6 Å². The molecule has 5 nitrogen and oxygen atoms in total. The molecule has 0 radical (unpaired) electrons. The zero-order valence-corrected chi connectivity index (χ0v) is 18.2. The highest BCUT2D eigenvalue weighted by Gasteiger charge is 2.28. The number of fused-ring (bicyclic) bond motifs is 1. The van der Waals surface area contributed by atoms with E-state index in [-0.39, 0.29) is 11.9 Å². The first kappa shape index (κ1) is 20.1. The Hall–Kier alpha value is -3.83. The van der Waals surface area contributed by atoms with Crippen molar-refractivity contribution in [1.82, 2.24) is 9.78 Å². The molecule has 0 aliphatic carbocycles. The monoisotopic (exact) mass is 440 g/mol. The zero-order valence-electron chi connectivity index (χ0n) is 17.4. The van der Waals surface area contributed by atoms with Crippen molar-refractivity contribution in [3.05, 3.63) is 118 Å². The Labute approximate surface area is 191 Å². The number of anilines is 2. The van der Waals surface area contributed by atoms with Crippen molar-refractivity contribution in [2.75, 3.05) is 10.6 Å². The summed E-state index contributed by atoms with van der Waals surface area (Å²) in [5.41, 5.74) is 5.39. The number of nitrogens with one attached hydrogen (secondary N) is 2. The summed E-state index contributed by atoms with van der Waals surface area (Å²) in [7, 11) is 0. The predicted molar refractivity (Wildman–Crippen MR) is 129 cm³/mol. The van der Waals surface area contributed by atoms with E-state index in [1.165, 1.54) is 5.56 Å². The minimum absolute atomic E-state index is 0.182. The lowest BCUT2D eigenvalue weighted by Crippen LogP contribution is -2.22. The molecular formula is C26H21ClN4O. The molecule has 158 valence electrons. The number of nitrogens with zero attached hydrogens (tertiary/aromatic N) is 2. The summed E-state index contributed by atoms with van der Waals surface area (Å²) in [6, 6.07) is 25.2. The van der Waals surface area contributed by atoms with Crippen molar-refractivity contribution in [2.45, 2.75) is 13.0 Å². The highest BCUT2D eigenvalue weighted by molar-refractivity contribution is 6.30. The van der Waals surface area contributed by atoms with Crippen LogP contribution in [0.5, 0.6) is 0 Å². The molecule has 1 aromatic heterocycles. The number of carbonyl (C=O) groups excluding carboxylic acids is 1. The number of rotatable bonds is 4. The Balaban J connectivity index is 1.56. The van der Waals surface area contributed by atoms with Crippen molar-refractivity contribution in [3.63, 3.8) is 0 Å². The molecule has 5 rings (SSSR count). The van der Waals surface area contributed by atoms with Gasteiger partial charge in [0.05, 0.1) is 12.2 Å². The first-order valence-corrected chi connectivity index (χ1v) is 10.7. The number of aromatic nitrogens is 2. The van der Waals surface area contributed by atoms with E-state index < -0.39 is 0 Å². The van der Waals surface area contributed by atoms with E-state index in [4.69, 9.17) is 11.6 Å². The summed E-state index contributed by atoms with van der Waals surface area (Å²) < 4.78 is 1.83. The van der Waals surface area contributed by atoms with Crippen LogP contribution in [0.3, 0.4) is 0 Å². The molecule has 2 heterocycles. The molecule has 4 aromatic rings. The maximum atomic E-state index is 13.1. The van der Waals surface area contributed by atoms with Gasteiger partial charge in [-0.15, -0.1) is 0 Å². The Morgan fingerprint density at radius 1 is 1.00 bits per heavy atom. The van der Waals surface area contributed by atoms with E-state index in [1.54, 1.807) is 6.20 Å². The van der Waals surface area contributed by atoms with Gasteiger partial charge in [0, 0.05) is 16.4 Å². The van der Waals surface area contributed by atoms with Gasteiger partial charge in [0.15, 0.2) is 0 Å². The first-order chi connectivity index (χ1) is 15.6. The third kappa shape index (κ3) is 3.90. The lowest BCUT2D eigenvalue weighted by Gasteiger charge is -2.26. The molecule has 1 aliphatic heterocycles. The van der Waals surface area contributed by atoms with Crippen molar-refractivity contribution < 1.29 is 4.79 Å². The van der Waals surface area contributed by atoms with Gasteiger partial charge in [-0.1, -0.05) is 71.8 Å². The van der Waals surface area contributed by atoms with Crippen LogP contribution in [0.1, 0.15) is 33.1 Å². The maximum Gasteiger partial charge on any atom is 0.261 e. The predicted octanol–water partition coefficient (Wildman–Crippen LogP) is 6.15. The summed E-state index contributed by atoms with van der Waals surface area (Å²) in [5.74, 6) is 0.432. The smallest absolute Gasteiger partial charge is 0.261 e. The average molecular weight is 441 g/mol. The molecule has 0 bridgehead atoms. The quantitative estimate of drug-likeness (QED) is 0.400. The number of amides is 1. The average Bonchev–Trinajstić information content (AvgIpc) is 3.24. The highest BCUT2D eigenvalue weighted by atomic mass is 35.5. The summed E-state index contributed by atoms with van der Waals surface area (Å²) in [4.78, 5) is 13.1. The number of carbonyl (C=O) groups is 1. The molecule has 1 amide bonds. The number of benzene rings is 3. The molecule has 0 fully saturated rings. The molecule has 6 heteroatoms. The van der Waals surface area contributed by atoms with E-state index in [1.807, 2.05) is 59.3 Å². The van der Waals surface area contributed by atoms with Gasteiger partial charge in [-0.2, -0.15) is 5.10 Å². The van der Waals surface area contributed by atoms with Gasteiger partial charge in [-0.25, -0.2) is 4.68 Å². The van der Waals surface area contributed by atoms with Gasteiger partial charge in [0.1, 0.15) is 11.4 Å². The van der Waals surface area contributed by atoms with E-state index in [0.717, 1.165) is 22.5 Å². The van der Waals surface area contributed by atoms with Gasteiger partial charge in [-0.05, 0) is 48.4 Å². The number of hydrogen-bond donors (Lipinski definition) is 2. The van der Waals surface area contributed by atoms with Crippen LogP contribution in [0.2, 0.25) is 5.02 Å². The van der Waals surface area contributed by atoms with E-state index in [2.05, 4.69) is 53.0 Å². The van der Waals surface area contributed by atoms with E-state index in [9.17, 15) is 4.79 Å². The van der Waals surface area contributed by atoms with Gasteiger partial charge >= 0.3 is 0 Å². The molecule has 1 unspecified atom stereocenters. The Morgan fingerprint density at radius 3 is 2.44 bits per heavy atom. The zero-order chi connectivity index (χ0) is 22.1. The second-order valence-electron chi connectivity index (χ2n) is 7.74. The van der Waals surface area contributed by atoms with Gasteiger partial charge in [0.25, 0.3) is 5.91 Å². The standard InChI is InChI=1S/C26H21ClN4O/c1-17-7-9-18(10-8-17)23-15-24(19-11-13-20(27)14-12-19)31-25(30-23)22(16-28-31)26(32)29-21-5-3-2-4-6-21/h2-16,24,30H,1H3,(H,29,32). The minimum atomic E-state index is -0.218. The SMILES string of the molecule is Cc1ccc(C2=CC(c3ccc(Cl)cc3)n3ncc(C(=O)Nc4ccccc4)c3N2)cc1.